The van der Waals surface area contributed by atoms with Crippen molar-refractivity contribution in [3.63, 3.8) is 0 Å². The lowest BCUT2D eigenvalue weighted by Crippen LogP contribution is -2.37. The minimum atomic E-state index is -0.543. The van der Waals surface area contributed by atoms with Crippen LogP contribution in [0.5, 0.6) is 0 Å². The van der Waals surface area contributed by atoms with Gasteiger partial charge in [-0.05, 0) is 12.0 Å². The van der Waals surface area contributed by atoms with Gasteiger partial charge in [-0.25, -0.2) is 0 Å². The van der Waals surface area contributed by atoms with E-state index in [-0.39, 0.29) is 28.8 Å². The standard InChI is InChI=1S/C14H21N3O4/c1-10(2)9-16(6-7-21-3)14(18)12-8-11(17(19)20)4-5-13(12)15/h4-5,8,10H,6-7,9,15H2,1-3H3. The Kier molecular flexibility index (Phi) is 6.10. The molecular formula is C14H21N3O4. The van der Waals surface area contributed by atoms with Crippen molar-refractivity contribution in [1.82, 2.24) is 4.90 Å². The SMILES string of the molecule is COCCN(CC(C)C)C(=O)c1cc([N+](=O)[O-])ccc1N. The zero-order chi connectivity index (χ0) is 16.0. The molecule has 1 rings (SSSR count). The van der Waals surface area contributed by atoms with Crippen LogP contribution in [0.1, 0.15) is 24.2 Å². The number of anilines is 1. The van der Waals surface area contributed by atoms with Crippen LogP contribution in [-0.2, 0) is 4.74 Å². The monoisotopic (exact) mass is 295 g/mol. The molecule has 0 unspecified atom stereocenters. The third-order valence-electron chi connectivity index (χ3n) is 2.92. The number of hydrogen-bond acceptors (Lipinski definition) is 5. The van der Waals surface area contributed by atoms with Gasteiger partial charge in [-0.1, -0.05) is 13.8 Å². The summed E-state index contributed by atoms with van der Waals surface area (Å²) < 4.78 is 5.00. The quantitative estimate of drug-likeness (QED) is 0.470. The average Bonchev–Trinajstić information content (AvgIpc) is 2.42. The van der Waals surface area contributed by atoms with Crippen molar-refractivity contribution in [1.29, 1.82) is 0 Å². The van der Waals surface area contributed by atoms with Crippen LogP contribution in [0.25, 0.3) is 0 Å². The highest BCUT2D eigenvalue weighted by atomic mass is 16.6. The third-order valence-corrected chi connectivity index (χ3v) is 2.92. The fourth-order valence-electron chi connectivity index (χ4n) is 1.93. The molecule has 0 saturated heterocycles. The molecule has 1 amide bonds. The first kappa shape index (κ1) is 16.9. The lowest BCUT2D eigenvalue weighted by Gasteiger charge is -2.24. The van der Waals surface area contributed by atoms with E-state index in [4.69, 9.17) is 10.5 Å². The molecule has 1 aromatic rings. The first-order valence-electron chi connectivity index (χ1n) is 6.69. The number of nitro benzene ring substituents is 1. The summed E-state index contributed by atoms with van der Waals surface area (Å²) >= 11 is 0. The predicted octanol–water partition coefficient (Wildman–Crippen LogP) is 1.92. The molecule has 0 bridgehead atoms. The fourth-order valence-corrected chi connectivity index (χ4v) is 1.93. The minimum absolute atomic E-state index is 0.149. The van der Waals surface area contributed by atoms with E-state index in [1.54, 1.807) is 12.0 Å². The first-order valence-corrected chi connectivity index (χ1v) is 6.69. The molecule has 0 aromatic heterocycles. The van der Waals surface area contributed by atoms with E-state index in [2.05, 4.69) is 0 Å². The number of nitro groups is 1. The van der Waals surface area contributed by atoms with Crippen LogP contribution in [0.15, 0.2) is 18.2 Å². The number of non-ortho nitro benzene ring substituents is 1. The van der Waals surface area contributed by atoms with Gasteiger partial charge in [0, 0.05) is 38.0 Å². The zero-order valence-corrected chi connectivity index (χ0v) is 12.5. The number of nitrogen functional groups attached to an aromatic ring is 1. The highest BCUT2D eigenvalue weighted by molar-refractivity contribution is 5.99. The Morgan fingerprint density at radius 2 is 2.14 bits per heavy atom. The van der Waals surface area contributed by atoms with Gasteiger partial charge in [-0.2, -0.15) is 0 Å². The Hall–Kier alpha value is -2.15. The number of amides is 1. The second-order valence-corrected chi connectivity index (χ2v) is 5.17. The van der Waals surface area contributed by atoms with Gasteiger partial charge in [0.2, 0.25) is 0 Å². The maximum absolute atomic E-state index is 12.5. The lowest BCUT2D eigenvalue weighted by atomic mass is 10.1. The van der Waals surface area contributed by atoms with Gasteiger partial charge in [-0.15, -0.1) is 0 Å². The summed E-state index contributed by atoms with van der Waals surface area (Å²) in [6, 6.07) is 3.89. The van der Waals surface area contributed by atoms with Crippen LogP contribution in [0.3, 0.4) is 0 Å². The van der Waals surface area contributed by atoms with Crippen LogP contribution < -0.4 is 5.73 Å². The van der Waals surface area contributed by atoms with Gasteiger partial charge < -0.3 is 15.4 Å². The van der Waals surface area contributed by atoms with E-state index in [9.17, 15) is 14.9 Å². The van der Waals surface area contributed by atoms with Crippen molar-refractivity contribution < 1.29 is 14.5 Å². The second kappa shape index (κ2) is 7.58. The topological polar surface area (TPSA) is 98.7 Å². The molecule has 0 aliphatic carbocycles. The maximum atomic E-state index is 12.5. The number of hydrogen-bond donors (Lipinski definition) is 1. The van der Waals surface area contributed by atoms with Gasteiger partial charge >= 0.3 is 0 Å². The number of rotatable bonds is 7. The van der Waals surface area contributed by atoms with E-state index >= 15 is 0 Å². The molecule has 1 aromatic carbocycles. The van der Waals surface area contributed by atoms with Gasteiger partial charge in [0.1, 0.15) is 0 Å². The van der Waals surface area contributed by atoms with Crippen LogP contribution in [0.2, 0.25) is 0 Å². The van der Waals surface area contributed by atoms with Crippen molar-refractivity contribution >= 4 is 17.3 Å². The summed E-state index contributed by atoms with van der Waals surface area (Å²) in [5.41, 5.74) is 6.02. The Morgan fingerprint density at radius 1 is 1.48 bits per heavy atom. The highest BCUT2D eigenvalue weighted by Gasteiger charge is 2.21. The molecular weight excluding hydrogens is 274 g/mol. The smallest absolute Gasteiger partial charge is 0.270 e. The lowest BCUT2D eigenvalue weighted by molar-refractivity contribution is -0.384. The molecule has 116 valence electrons. The Labute approximate surface area is 123 Å². The molecule has 21 heavy (non-hydrogen) atoms. The number of nitrogens with two attached hydrogens (primary N) is 1. The molecule has 0 spiro atoms. The summed E-state index contributed by atoms with van der Waals surface area (Å²) in [6.45, 7) is 5.32. The van der Waals surface area contributed by atoms with Gasteiger partial charge in [0.05, 0.1) is 17.1 Å². The summed E-state index contributed by atoms with van der Waals surface area (Å²) in [5, 5.41) is 10.8. The van der Waals surface area contributed by atoms with E-state index in [0.717, 1.165) is 0 Å². The number of ether oxygens (including phenoxy) is 1. The molecule has 7 heteroatoms. The normalized spacial score (nSPS) is 10.7. The Morgan fingerprint density at radius 3 is 2.67 bits per heavy atom. The van der Waals surface area contributed by atoms with Crippen molar-refractivity contribution in [2.24, 2.45) is 5.92 Å². The zero-order valence-electron chi connectivity index (χ0n) is 12.5. The molecule has 0 fully saturated rings. The fraction of sp³-hybridized carbons (Fsp3) is 0.500. The molecule has 7 nitrogen and oxygen atoms in total. The summed E-state index contributed by atoms with van der Waals surface area (Å²) in [7, 11) is 1.56. The van der Waals surface area contributed by atoms with Crippen LogP contribution in [0.4, 0.5) is 11.4 Å². The maximum Gasteiger partial charge on any atom is 0.270 e. The summed E-state index contributed by atoms with van der Waals surface area (Å²) in [4.78, 5) is 24.4. The van der Waals surface area contributed by atoms with E-state index in [1.807, 2.05) is 13.8 Å². The van der Waals surface area contributed by atoms with Crippen LogP contribution in [-0.4, -0.2) is 42.5 Å². The van der Waals surface area contributed by atoms with Crippen LogP contribution in [0, 0.1) is 16.0 Å². The Bertz CT molecular complexity index is 517. The van der Waals surface area contributed by atoms with Crippen molar-refractivity contribution in [3.05, 3.63) is 33.9 Å². The third kappa shape index (κ3) is 4.71. The largest absolute Gasteiger partial charge is 0.398 e. The molecule has 0 radical (unpaired) electrons. The molecule has 2 N–H and O–H groups in total. The van der Waals surface area contributed by atoms with E-state index in [0.29, 0.717) is 19.7 Å². The molecule has 0 atom stereocenters. The molecule has 0 heterocycles. The van der Waals surface area contributed by atoms with E-state index in [1.165, 1.54) is 18.2 Å². The number of nitrogens with zero attached hydrogens (tertiary/aromatic N) is 2. The van der Waals surface area contributed by atoms with Crippen molar-refractivity contribution in [2.75, 3.05) is 32.5 Å². The minimum Gasteiger partial charge on any atom is -0.398 e. The van der Waals surface area contributed by atoms with Gasteiger partial charge in [-0.3, -0.25) is 14.9 Å². The van der Waals surface area contributed by atoms with E-state index < -0.39 is 4.92 Å². The predicted molar refractivity (Wildman–Crippen MR) is 80.1 cm³/mol. The highest BCUT2D eigenvalue weighted by Crippen LogP contribution is 2.21. The van der Waals surface area contributed by atoms with Gasteiger partial charge in [0.15, 0.2) is 0 Å². The Balaban J connectivity index is 3.06. The molecule has 0 aliphatic rings. The molecule has 0 saturated carbocycles. The molecule has 0 aliphatic heterocycles. The number of carbonyl (C=O) groups is 1. The average molecular weight is 295 g/mol. The summed E-state index contributed by atoms with van der Waals surface area (Å²) in [6.07, 6.45) is 0. The second-order valence-electron chi connectivity index (χ2n) is 5.17. The number of carbonyl (C=O) groups excluding carboxylic acids is 1. The van der Waals surface area contributed by atoms with Crippen molar-refractivity contribution in [2.45, 2.75) is 13.8 Å². The van der Waals surface area contributed by atoms with Gasteiger partial charge in [0.25, 0.3) is 11.6 Å². The summed E-state index contributed by atoms with van der Waals surface area (Å²) in [5.74, 6) is -0.0484. The van der Waals surface area contributed by atoms with Crippen LogP contribution >= 0.6 is 0 Å². The number of benzene rings is 1. The van der Waals surface area contributed by atoms with Crippen molar-refractivity contribution in [3.8, 4) is 0 Å². The number of methoxy groups -OCH3 is 1. The first-order chi connectivity index (χ1) is 9.86.